The molecule has 0 N–H and O–H groups in total. The van der Waals surface area contributed by atoms with Crippen LogP contribution in [-0.2, 0) is 6.61 Å². The normalized spacial score (nSPS) is 15.2. The van der Waals surface area contributed by atoms with Gasteiger partial charge in [-0.3, -0.25) is 4.79 Å². The lowest BCUT2D eigenvalue weighted by atomic mass is 10.0. The number of hydrogen-bond acceptors (Lipinski definition) is 5. The summed E-state index contributed by atoms with van der Waals surface area (Å²) in [5, 5.41) is 0. The molecule has 0 bridgehead atoms. The van der Waals surface area contributed by atoms with Crippen LogP contribution in [0.3, 0.4) is 0 Å². The van der Waals surface area contributed by atoms with E-state index in [0.29, 0.717) is 35.2 Å². The highest BCUT2D eigenvalue weighted by atomic mass is 16.7. The van der Waals surface area contributed by atoms with Crippen LogP contribution in [0.5, 0.6) is 23.0 Å². The monoisotopic (exact) mass is 414 g/mol. The fraction of sp³-hybridized carbons (Fsp3) is 0.192. The number of ether oxygens (including phenoxy) is 4. The molecule has 0 aliphatic carbocycles. The van der Waals surface area contributed by atoms with E-state index < -0.39 is 0 Å². The summed E-state index contributed by atoms with van der Waals surface area (Å²) in [4.78, 5) is 12.9. The number of ketones is 1. The van der Waals surface area contributed by atoms with Gasteiger partial charge in [0.2, 0.25) is 12.6 Å². The predicted octanol–water partition coefficient (Wildman–Crippen LogP) is 5.54. The molecule has 2 heterocycles. The molecule has 3 aromatic rings. The first kappa shape index (κ1) is 19.2. The van der Waals surface area contributed by atoms with Crippen LogP contribution in [0.15, 0.2) is 54.3 Å². The number of Topliss-reactive ketones (excluding diaryl/α,β-unsaturated/α-hetero) is 1. The molecule has 0 aromatic heterocycles. The standard InChI is InChI=1S/C26H22O5/c1-15-4-5-16(2)19(10-15)13-28-21-9-7-20-25(27)24(31-26(20)17(21)3)12-18-6-8-22-23(11-18)30-14-29-22/h4-12H,13-14H2,1-3H3/b24-12-. The molecule has 0 saturated heterocycles. The largest absolute Gasteiger partial charge is 0.488 e. The Morgan fingerprint density at radius 1 is 0.968 bits per heavy atom. The van der Waals surface area contributed by atoms with E-state index in [4.69, 9.17) is 18.9 Å². The highest BCUT2D eigenvalue weighted by Crippen LogP contribution is 2.40. The fourth-order valence-electron chi connectivity index (χ4n) is 3.79. The minimum absolute atomic E-state index is 0.142. The summed E-state index contributed by atoms with van der Waals surface area (Å²) in [5.41, 5.74) is 5.69. The summed E-state index contributed by atoms with van der Waals surface area (Å²) in [7, 11) is 0. The Morgan fingerprint density at radius 3 is 2.68 bits per heavy atom. The van der Waals surface area contributed by atoms with E-state index in [1.165, 1.54) is 11.1 Å². The average molecular weight is 414 g/mol. The summed E-state index contributed by atoms with van der Waals surface area (Å²) in [6, 6.07) is 15.4. The van der Waals surface area contributed by atoms with Crippen LogP contribution in [0.4, 0.5) is 0 Å². The minimum atomic E-state index is -0.142. The Morgan fingerprint density at radius 2 is 1.81 bits per heavy atom. The van der Waals surface area contributed by atoms with E-state index in [0.717, 1.165) is 16.7 Å². The van der Waals surface area contributed by atoms with Gasteiger partial charge in [-0.15, -0.1) is 0 Å². The van der Waals surface area contributed by atoms with Crippen molar-refractivity contribution in [3.63, 3.8) is 0 Å². The van der Waals surface area contributed by atoms with Crippen LogP contribution in [-0.4, -0.2) is 12.6 Å². The van der Waals surface area contributed by atoms with Gasteiger partial charge in [-0.1, -0.05) is 29.8 Å². The number of benzene rings is 3. The molecule has 5 heteroatoms. The SMILES string of the molecule is Cc1ccc(C)c(COc2ccc3c(c2C)O/C(=C\c2ccc4c(c2)OCO4)C3=O)c1. The average Bonchev–Trinajstić information content (AvgIpc) is 3.35. The molecule has 2 aliphatic rings. The molecule has 0 fully saturated rings. The van der Waals surface area contributed by atoms with Gasteiger partial charge in [-0.2, -0.15) is 0 Å². The molecular weight excluding hydrogens is 392 g/mol. The van der Waals surface area contributed by atoms with Crippen LogP contribution < -0.4 is 18.9 Å². The second-order valence-electron chi connectivity index (χ2n) is 7.84. The molecule has 3 aromatic carbocycles. The van der Waals surface area contributed by atoms with Gasteiger partial charge in [0.05, 0.1) is 5.56 Å². The van der Waals surface area contributed by atoms with Crippen LogP contribution in [0.25, 0.3) is 6.08 Å². The highest BCUT2D eigenvalue weighted by Gasteiger charge is 2.30. The van der Waals surface area contributed by atoms with Gasteiger partial charge < -0.3 is 18.9 Å². The molecule has 0 spiro atoms. The van der Waals surface area contributed by atoms with Gasteiger partial charge in [0.25, 0.3) is 0 Å². The zero-order valence-corrected chi connectivity index (χ0v) is 17.7. The van der Waals surface area contributed by atoms with Gasteiger partial charge in [-0.05, 0) is 67.8 Å². The quantitative estimate of drug-likeness (QED) is 0.525. The van der Waals surface area contributed by atoms with Crippen LogP contribution in [0, 0.1) is 20.8 Å². The van der Waals surface area contributed by atoms with Gasteiger partial charge in [-0.25, -0.2) is 0 Å². The summed E-state index contributed by atoms with van der Waals surface area (Å²) in [6.45, 7) is 6.72. The van der Waals surface area contributed by atoms with Crippen molar-refractivity contribution in [3.8, 4) is 23.0 Å². The molecule has 0 atom stereocenters. The van der Waals surface area contributed by atoms with Crippen LogP contribution in [0.1, 0.15) is 38.2 Å². The van der Waals surface area contributed by atoms with Crippen molar-refractivity contribution >= 4 is 11.9 Å². The second-order valence-corrected chi connectivity index (χ2v) is 7.84. The third kappa shape index (κ3) is 3.52. The maximum Gasteiger partial charge on any atom is 0.231 e. The Labute approximate surface area is 180 Å². The van der Waals surface area contributed by atoms with Crippen molar-refractivity contribution in [1.29, 1.82) is 0 Å². The molecule has 0 saturated carbocycles. The predicted molar refractivity (Wildman–Crippen MR) is 117 cm³/mol. The molecule has 156 valence electrons. The highest BCUT2D eigenvalue weighted by molar-refractivity contribution is 6.15. The summed E-state index contributed by atoms with van der Waals surface area (Å²) >= 11 is 0. The molecule has 2 aliphatic heterocycles. The first-order chi connectivity index (χ1) is 15.0. The Bertz CT molecular complexity index is 1240. The van der Waals surface area contributed by atoms with Crippen LogP contribution >= 0.6 is 0 Å². The van der Waals surface area contributed by atoms with Gasteiger partial charge in [0, 0.05) is 5.56 Å². The van der Waals surface area contributed by atoms with E-state index in [-0.39, 0.29) is 18.3 Å². The van der Waals surface area contributed by atoms with Gasteiger partial charge in [0.1, 0.15) is 18.1 Å². The van der Waals surface area contributed by atoms with E-state index in [1.54, 1.807) is 12.1 Å². The van der Waals surface area contributed by atoms with Gasteiger partial charge >= 0.3 is 0 Å². The minimum Gasteiger partial charge on any atom is -0.488 e. The zero-order chi connectivity index (χ0) is 21.5. The first-order valence-electron chi connectivity index (χ1n) is 10.2. The van der Waals surface area contributed by atoms with Crippen molar-refractivity contribution in [2.75, 3.05) is 6.79 Å². The molecule has 0 unspecified atom stereocenters. The lowest BCUT2D eigenvalue weighted by Crippen LogP contribution is -2.00. The number of carbonyl (C=O) groups is 1. The number of hydrogen-bond donors (Lipinski definition) is 0. The number of carbonyl (C=O) groups excluding carboxylic acids is 1. The second kappa shape index (κ2) is 7.51. The zero-order valence-electron chi connectivity index (χ0n) is 17.7. The third-order valence-electron chi connectivity index (χ3n) is 5.62. The van der Waals surface area contributed by atoms with E-state index in [2.05, 4.69) is 32.0 Å². The first-order valence-corrected chi connectivity index (χ1v) is 10.2. The Hall–Kier alpha value is -3.73. The molecule has 0 radical (unpaired) electrons. The van der Waals surface area contributed by atoms with Crippen molar-refractivity contribution in [2.45, 2.75) is 27.4 Å². The fourth-order valence-corrected chi connectivity index (χ4v) is 3.79. The summed E-state index contributed by atoms with van der Waals surface area (Å²) in [5.74, 6) is 2.76. The lowest BCUT2D eigenvalue weighted by molar-refractivity contribution is 0.101. The van der Waals surface area contributed by atoms with E-state index in [1.807, 2.05) is 31.2 Å². The maximum absolute atomic E-state index is 12.9. The molecule has 5 rings (SSSR count). The molecular formula is C26H22O5. The molecule has 5 nitrogen and oxygen atoms in total. The van der Waals surface area contributed by atoms with Crippen molar-refractivity contribution in [1.82, 2.24) is 0 Å². The summed E-state index contributed by atoms with van der Waals surface area (Å²) < 4.78 is 22.8. The van der Waals surface area contributed by atoms with E-state index in [9.17, 15) is 4.79 Å². The Kier molecular flexibility index (Phi) is 4.66. The number of fused-ring (bicyclic) bond motifs is 2. The van der Waals surface area contributed by atoms with Crippen molar-refractivity contribution in [3.05, 3.63) is 87.7 Å². The number of rotatable bonds is 4. The van der Waals surface area contributed by atoms with Crippen molar-refractivity contribution in [2.24, 2.45) is 0 Å². The summed E-state index contributed by atoms with van der Waals surface area (Å²) in [6.07, 6.45) is 1.72. The van der Waals surface area contributed by atoms with Gasteiger partial charge in [0.15, 0.2) is 17.3 Å². The third-order valence-corrected chi connectivity index (χ3v) is 5.62. The smallest absolute Gasteiger partial charge is 0.231 e. The molecule has 0 amide bonds. The molecule has 31 heavy (non-hydrogen) atoms. The Balaban J connectivity index is 1.39. The topological polar surface area (TPSA) is 54.0 Å². The van der Waals surface area contributed by atoms with E-state index >= 15 is 0 Å². The van der Waals surface area contributed by atoms with Crippen molar-refractivity contribution < 1.29 is 23.7 Å². The van der Waals surface area contributed by atoms with Crippen LogP contribution in [0.2, 0.25) is 0 Å². The number of allylic oxidation sites excluding steroid dienone is 1. The number of aryl methyl sites for hydroxylation is 2. The lowest BCUT2D eigenvalue weighted by Gasteiger charge is -2.13. The maximum atomic E-state index is 12.9.